The first-order valence-corrected chi connectivity index (χ1v) is 14.5. The average Bonchev–Trinajstić information content (AvgIpc) is 3.45. The Labute approximate surface area is 265 Å². The molecule has 3 N–H and O–H groups in total. The van der Waals surface area contributed by atoms with E-state index in [9.17, 15) is 14.0 Å². The Morgan fingerprint density at radius 3 is 2.38 bits per heavy atom. The number of nitrogens with one attached hydrogen (secondary N) is 3. The minimum atomic E-state index is -0.969. The van der Waals surface area contributed by atoms with Crippen LogP contribution in [0.15, 0.2) is 97.5 Å². The van der Waals surface area contributed by atoms with Gasteiger partial charge in [-0.05, 0) is 59.7 Å². The van der Waals surface area contributed by atoms with Crippen molar-refractivity contribution in [1.82, 2.24) is 20.2 Å². The van der Waals surface area contributed by atoms with Gasteiger partial charge in [0.2, 0.25) is 5.91 Å². The summed E-state index contributed by atoms with van der Waals surface area (Å²) in [6.07, 6.45) is 5.14. The number of piperazine rings is 1. The van der Waals surface area contributed by atoms with Crippen LogP contribution in [0.25, 0.3) is 10.9 Å². The number of carbonyl (C=O) groups excluding carboxylic acids is 2. The molecule has 0 saturated carbocycles. The number of H-pyrrole nitrogens is 1. The van der Waals surface area contributed by atoms with Gasteiger partial charge in [0.25, 0.3) is 5.91 Å². The number of para-hydroxylation sites is 1. The maximum atomic E-state index is 15.4. The van der Waals surface area contributed by atoms with Crippen molar-refractivity contribution >= 4 is 46.5 Å². The van der Waals surface area contributed by atoms with Gasteiger partial charge < -0.3 is 20.5 Å². The number of pyridine rings is 1. The van der Waals surface area contributed by atoms with Crippen molar-refractivity contribution in [3.8, 4) is 0 Å². The molecule has 2 amide bonds. The molecule has 232 valence electrons. The molecule has 8 nitrogen and oxygen atoms in total. The maximum absolute atomic E-state index is 15.4. The van der Waals surface area contributed by atoms with Crippen LogP contribution < -0.4 is 15.5 Å². The van der Waals surface area contributed by atoms with Gasteiger partial charge in [0.15, 0.2) is 0 Å². The molecule has 45 heavy (non-hydrogen) atoms. The highest BCUT2D eigenvalue weighted by molar-refractivity contribution is 6.02. The zero-order valence-electron chi connectivity index (χ0n) is 24.4. The van der Waals surface area contributed by atoms with E-state index in [4.69, 9.17) is 0 Å². The number of rotatable bonds is 9. The van der Waals surface area contributed by atoms with Gasteiger partial charge in [-0.25, -0.2) is 8.78 Å². The van der Waals surface area contributed by atoms with E-state index in [-0.39, 0.29) is 30.2 Å². The fourth-order valence-electron chi connectivity index (χ4n) is 5.53. The lowest BCUT2D eigenvalue weighted by Gasteiger charge is -2.36. The van der Waals surface area contributed by atoms with Crippen LogP contribution in [0.1, 0.15) is 21.5 Å². The Kier molecular flexibility index (Phi) is 10.1. The molecule has 1 saturated heterocycles. The quantitative estimate of drug-likeness (QED) is 0.198. The van der Waals surface area contributed by atoms with Crippen LogP contribution in [0.4, 0.5) is 20.2 Å². The molecule has 3 aromatic carbocycles. The van der Waals surface area contributed by atoms with Crippen LogP contribution >= 0.6 is 12.4 Å². The Morgan fingerprint density at radius 2 is 1.64 bits per heavy atom. The number of benzene rings is 3. The molecule has 0 radical (unpaired) electrons. The number of fused-ring (bicyclic) bond motifs is 1. The number of halogens is 3. The van der Waals surface area contributed by atoms with Gasteiger partial charge in [0.05, 0.1) is 5.56 Å². The monoisotopic (exact) mass is 630 g/mol. The lowest BCUT2D eigenvalue weighted by atomic mass is 10.0. The van der Waals surface area contributed by atoms with Crippen molar-refractivity contribution in [1.29, 1.82) is 0 Å². The smallest absolute Gasteiger partial charge is 0.254 e. The van der Waals surface area contributed by atoms with E-state index in [0.717, 1.165) is 41.7 Å². The Morgan fingerprint density at radius 1 is 0.911 bits per heavy atom. The molecule has 1 atom stereocenters. The maximum Gasteiger partial charge on any atom is 0.254 e. The molecule has 1 aliphatic heterocycles. The summed E-state index contributed by atoms with van der Waals surface area (Å²) in [6.45, 7) is 3.63. The highest BCUT2D eigenvalue weighted by Gasteiger charge is 2.26. The van der Waals surface area contributed by atoms with Crippen molar-refractivity contribution < 1.29 is 18.4 Å². The van der Waals surface area contributed by atoms with Gasteiger partial charge in [0.1, 0.15) is 17.7 Å². The molecule has 1 aliphatic rings. The number of nitrogens with zero attached hydrogens (tertiary/aromatic N) is 3. The SMILES string of the molecule is Cl.O=C(NC(Cc1c[nH]c2ccccc12)C(=O)Nc1ccncc1)c1ccc(N2CCN(Cc3ccc(F)cc3)CC2)cc1F. The number of anilines is 2. The van der Waals surface area contributed by atoms with Crippen molar-refractivity contribution in [3.63, 3.8) is 0 Å². The topological polar surface area (TPSA) is 93.4 Å². The zero-order valence-corrected chi connectivity index (χ0v) is 25.2. The van der Waals surface area contributed by atoms with E-state index in [2.05, 4.69) is 30.4 Å². The van der Waals surface area contributed by atoms with Gasteiger partial charge in [-0.3, -0.25) is 19.5 Å². The number of hydrogen-bond donors (Lipinski definition) is 3. The van der Waals surface area contributed by atoms with Crippen molar-refractivity contribution in [2.75, 3.05) is 36.4 Å². The highest BCUT2D eigenvalue weighted by atomic mass is 35.5. The fourth-order valence-corrected chi connectivity index (χ4v) is 5.53. The first-order chi connectivity index (χ1) is 21.4. The second kappa shape index (κ2) is 14.3. The summed E-state index contributed by atoms with van der Waals surface area (Å²) in [5.74, 6) is -2.01. The van der Waals surface area contributed by atoms with E-state index in [1.807, 2.05) is 30.5 Å². The Hall–Kier alpha value is -4.80. The third-order valence-corrected chi connectivity index (χ3v) is 7.92. The van der Waals surface area contributed by atoms with E-state index in [1.165, 1.54) is 24.3 Å². The number of aromatic nitrogens is 2. The first-order valence-electron chi connectivity index (χ1n) is 14.5. The van der Waals surface area contributed by atoms with Crippen molar-refractivity contribution in [2.24, 2.45) is 0 Å². The molecule has 1 fully saturated rings. The molecule has 6 rings (SSSR count). The first kappa shape index (κ1) is 31.6. The second-order valence-corrected chi connectivity index (χ2v) is 10.9. The Bertz CT molecular complexity index is 1760. The second-order valence-electron chi connectivity index (χ2n) is 10.9. The predicted octanol–water partition coefficient (Wildman–Crippen LogP) is 5.56. The van der Waals surface area contributed by atoms with E-state index in [1.54, 1.807) is 42.7 Å². The molecular weight excluding hydrogens is 598 g/mol. The molecule has 3 heterocycles. The van der Waals surface area contributed by atoms with Crippen LogP contribution in [0.2, 0.25) is 0 Å². The van der Waals surface area contributed by atoms with Gasteiger partial charge in [-0.1, -0.05) is 30.3 Å². The predicted molar refractivity (Wildman–Crippen MR) is 174 cm³/mol. The van der Waals surface area contributed by atoms with Crippen LogP contribution in [0, 0.1) is 11.6 Å². The van der Waals surface area contributed by atoms with Gasteiger partial charge in [-0.15, -0.1) is 12.4 Å². The van der Waals surface area contributed by atoms with Gasteiger partial charge in [0, 0.05) is 80.0 Å². The van der Waals surface area contributed by atoms with Crippen LogP contribution in [0.3, 0.4) is 0 Å². The number of aromatic amines is 1. The summed E-state index contributed by atoms with van der Waals surface area (Å²) < 4.78 is 28.6. The average molecular weight is 631 g/mol. The third-order valence-electron chi connectivity index (χ3n) is 7.92. The molecule has 1 unspecified atom stereocenters. The molecule has 0 bridgehead atoms. The minimum Gasteiger partial charge on any atom is -0.369 e. The van der Waals surface area contributed by atoms with E-state index in [0.29, 0.717) is 24.5 Å². The lowest BCUT2D eigenvalue weighted by Crippen LogP contribution is -2.46. The zero-order chi connectivity index (χ0) is 30.5. The molecule has 11 heteroatoms. The summed E-state index contributed by atoms with van der Waals surface area (Å²) in [5, 5.41) is 6.53. The van der Waals surface area contributed by atoms with Crippen LogP contribution in [-0.2, 0) is 17.8 Å². The number of carbonyl (C=O) groups is 2. The van der Waals surface area contributed by atoms with Crippen LogP contribution in [0.5, 0.6) is 0 Å². The summed E-state index contributed by atoms with van der Waals surface area (Å²) in [5.41, 5.74) is 3.90. The van der Waals surface area contributed by atoms with Gasteiger partial charge >= 0.3 is 0 Å². The summed E-state index contributed by atoms with van der Waals surface area (Å²) in [4.78, 5) is 38.2. The molecule has 0 spiro atoms. The standard InChI is InChI=1S/C34H32F2N6O2.ClH/c35-25-7-5-23(6-8-25)22-41-15-17-42(18-16-41)27-9-10-29(30(36)20-27)33(43)40-32(34(44)39-26-11-13-37-14-12-26)19-24-21-38-31-4-2-1-3-28(24)31;/h1-14,20-21,32,38H,15-19,22H2,(H,40,43)(H,37,39,44);1H. The van der Waals surface area contributed by atoms with Gasteiger partial charge in [-0.2, -0.15) is 0 Å². The molecular formula is C34H33ClF2N6O2. The number of hydrogen-bond acceptors (Lipinski definition) is 5. The van der Waals surface area contributed by atoms with Crippen molar-refractivity contribution in [3.05, 3.63) is 126 Å². The largest absolute Gasteiger partial charge is 0.369 e. The normalized spacial score (nSPS) is 14.0. The van der Waals surface area contributed by atoms with Crippen LogP contribution in [-0.4, -0.2) is 58.9 Å². The minimum absolute atomic E-state index is 0. The summed E-state index contributed by atoms with van der Waals surface area (Å²) in [7, 11) is 0. The third kappa shape index (κ3) is 7.65. The van der Waals surface area contributed by atoms with E-state index >= 15 is 4.39 Å². The van der Waals surface area contributed by atoms with E-state index < -0.39 is 23.7 Å². The molecule has 0 aliphatic carbocycles. The number of amides is 2. The van der Waals surface area contributed by atoms with Crippen molar-refractivity contribution in [2.45, 2.75) is 19.0 Å². The summed E-state index contributed by atoms with van der Waals surface area (Å²) >= 11 is 0. The Balaban J connectivity index is 0.00000400. The molecule has 5 aromatic rings. The summed E-state index contributed by atoms with van der Waals surface area (Å²) in [6, 6.07) is 21.1. The lowest BCUT2D eigenvalue weighted by molar-refractivity contribution is -0.118. The fraction of sp³-hybridized carbons (Fsp3) is 0.206. The molecule has 2 aromatic heterocycles. The highest BCUT2D eigenvalue weighted by Crippen LogP contribution is 2.23.